The van der Waals surface area contributed by atoms with Crippen LogP contribution in [0, 0.1) is 0 Å². The van der Waals surface area contributed by atoms with E-state index >= 15 is 0 Å². The van der Waals surface area contributed by atoms with Gasteiger partial charge in [-0.25, -0.2) is 0 Å². The van der Waals surface area contributed by atoms with Crippen molar-refractivity contribution in [3.63, 3.8) is 0 Å². The monoisotopic (exact) mass is 265 g/mol. The predicted molar refractivity (Wildman–Crippen MR) is 74.0 cm³/mol. The van der Waals surface area contributed by atoms with Crippen molar-refractivity contribution in [2.75, 3.05) is 39.3 Å². The summed E-state index contributed by atoms with van der Waals surface area (Å²) in [7, 11) is 1.86. The number of rotatable bonds is 4. The van der Waals surface area contributed by atoms with Gasteiger partial charge in [0, 0.05) is 52.5 Å². The molecule has 0 saturated carbocycles. The molecule has 0 aromatic carbocycles. The van der Waals surface area contributed by atoms with Crippen LogP contribution in [0.15, 0.2) is 6.20 Å². The Morgan fingerprint density at radius 2 is 2.05 bits per heavy atom. The van der Waals surface area contributed by atoms with Crippen molar-refractivity contribution < 1.29 is 4.79 Å². The van der Waals surface area contributed by atoms with Gasteiger partial charge < -0.3 is 10.6 Å². The Balaban J connectivity index is 2.01. The molecule has 1 amide bonds. The molecule has 19 heavy (non-hydrogen) atoms. The van der Waals surface area contributed by atoms with E-state index < -0.39 is 0 Å². The van der Waals surface area contributed by atoms with Crippen molar-refractivity contribution in [3.8, 4) is 0 Å². The quantitative estimate of drug-likeness (QED) is 0.811. The van der Waals surface area contributed by atoms with E-state index in [0.29, 0.717) is 6.54 Å². The lowest BCUT2D eigenvalue weighted by atomic mass is 10.1. The number of aromatic nitrogens is 2. The molecule has 1 aliphatic rings. The zero-order valence-corrected chi connectivity index (χ0v) is 11.8. The molecule has 2 heterocycles. The van der Waals surface area contributed by atoms with Crippen LogP contribution in [0.4, 0.5) is 0 Å². The lowest BCUT2D eigenvalue weighted by Crippen LogP contribution is -2.49. The lowest BCUT2D eigenvalue weighted by Gasteiger charge is -2.34. The number of carbonyl (C=O) groups excluding carboxylic acids is 1. The molecule has 6 heteroatoms. The third-order valence-electron chi connectivity index (χ3n) is 3.58. The van der Waals surface area contributed by atoms with Gasteiger partial charge in [0.05, 0.1) is 11.3 Å². The largest absolute Gasteiger partial charge is 0.336 e. The fourth-order valence-corrected chi connectivity index (χ4v) is 2.50. The molecule has 6 nitrogen and oxygen atoms in total. The molecule has 1 aromatic heterocycles. The third kappa shape index (κ3) is 3.13. The summed E-state index contributed by atoms with van der Waals surface area (Å²) in [6.07, 6.45) is 2.61. The zero-order chi connectivity index (χ0) is 13.8. The van der Waals surface area contributed by atoms with Gasteiger partial charge >= 0.3 is 0 Å². The van der Waals surface area contributed by atoms with Gasteiger partial charge in [0.25, 0.3) is 5.91 Å². The summed E-state index contributed by atoms with van der Waals surface area (Å²) in [5.41, 5.74) is 7.19. The number of aryl methyl sites for hydroxylation is 2. The SMILES string of the molecule is CCc1nn(C)cc1C(=O)N1CCN(CCN)CC1. The standard InChI is InChI=1S/C13H23N5O/c1-3-12-11(10-16(2)15-12)13(19)18-8-6-17(5-4-14)7-9-18/h10H,3-9,14H2,1-2H3. The average molecular weight is 265 g/mol. The topological polar surface area (TPSA) is 67.4 Å². The predicted octanol–water partition coefficient (Wildman–Crippen LogP) is -0.301. The Morgan fingerprint density at radius 3 is 2.63 bits per heavy atom. The van der Waals surface area contributed by atoms with E-state index in [2.05, 4.69) is 10.00 Å². The summed E-state index contributed by atoms with van der Waals surface area (Å²) >= 11 is 0. The van der Waals surface area contributed by atoms with E-state index in [4.69, 9.17) is 5.73 Å². The maximum atomic E-state index is 12.5. The van der Waals surface area contributed by atoms with Crippen molar-refractivity contribution >= 4 is 5.91 Å². The van der Waals surface area contributed by atoms with Crippen molar-refractivity contribution in [2.24, 2.45) is 12.8 Å². The molecule has 2 N–H and O–H groups in total. The van der Waals surface area contributed by atoms with Crippen molar-refractivity contribution in [1.29, 1.82) is 0 Å². The van der Waals surface area contributed by atoms with Crippen molar-refractivity contribution in [2.45, 2.75) is 13.3 Å². The first-order valence-electron chi connectivity index (χ1n) is 6.90. The van der Waals surface area contributed by atoms with Crippen molar-refractivity contribution in [1.82, 2.24) is 19.6 Å². The van der Waals surface area contributed by atoms with Crippen LogP contribution in [0.25, 0.3) is 0 Å². The first kappa shape index (κ1) is 14.0. The molecule has 2 rings (SSSR count). The van der Waals surface area contributed by atoms with Gasteiger partial charge in [-0.05, 0) is 6.42 Å². The maximum Gasteiger partial charge on any atom is 0.257 e. The molecule has 0 radical (unpaired) electrons. The van der Waals surface area contributed by atoms with Gasteiger partial charge in [-0.1, -0.05) is 6.92 Å². The molecule has 1 aliphatic heterocycles. The Bertz CT molecular complexity index is 434. The third-order valence-corrected chi connectivity index (χ3v) is 3.58. The number of nitrogens with two attached hydrogens (primary N) is 1. The van der Waals surface area contributed by atoms with Gasteiger partial charge in [0.1, 0.15) is 0 Å². The smallest absolute Gasteiger partial charge is 0.257 e. The second-order valence-electron chi connectivity index (χ2n) is 4.94. The minimum Gasteiger partial charge on any atom is -0.336 e. The molecule has 0 bridgehead atoms. The fraction of sp³-hybridized carbons (Fsp3) is 0.692. The molecule has 0 spiro atoms. The van der Waals surface area contributed by atoms with E-state index in [1.165, 1.54) is 0 Å². The summed E-state index contributed by atoms with van der Waals surface area (Å²) < 4.78 is 1.72. The summed E-state index contributed by atoms with van der Waals surface area (Å²) in [5, 5.41) is 4.33. The number of nitrogens with zero attached hydrogens (tertiary/aromatic N) is 4. The number of hydrogen-bond acceptors (Lipinski definition) is 4. The number of piperazine rings is 1. The van der Waals surface area contributed by atoms with Crippen LogP contribution in [0.5, 0.6) is 0 Å². The maximum absolute atomic E-state index is 12.5. The molecule has 0 atom stereocenters. The van der Waals surface area contributed by atoms with Gasteiger partial charge in [-0.2, -0.15) is 5.10 Å². The van der Waals surface area contributed by atoms with Crippen LogP contribution in [0.1, 0.15) is 23.0 Å². The summed E-state index contributed by atoms with van der Waals surface area (Å²) in [6, 6.07) is 0. The highest BCUT2D eigenvalue weighted by Crippen LogP contribution is 2.12. The molecule has 0 unspecified atom stereocenters. The Morgan fingerprint density at radius 1 is 1.37 bits per heavy atom. The van der Waals surface area contributed by atoms with Crippen LogP contribution in [-0.4, -0.2) is 64.8 Å². The second-order valence-corrected chi connectivity index (χ2v) is 4.94. The lowest BCUT2D eigenvalue weighted by molar-refractivity contribution is 0.0640. The van der Waals surface area contributed by atoms with Crippen LogP contribution in [0.3, 0.4) is 0 Å². The average Bonchev–Trinajstić information content (AvgIpc) is 2.80. The normalized spacial score (nSPS) is 16.9. The highest BCUT2D eigenvalue weighted by atomic mass is 16.2. The number of hydrogen-bond donors (Lipinski definition) is 1. The summed E-state index contributed by atoms with van der Waals surface area (Å²) in [6.45, 7) is 6.98. The Hall–Kier alpha value is -1.40. The van der Waals surface area contributed by atoms with Gasteiger partial charge in [-0.3, -0.25) is 14.4 Å². The number of amides is 1. The molecule has 1 fully saturated rings. The minimum absolute atomic E-state index is 0.109. The molecular formula is C13H23N5O. The Kier molecular flexibility index (Phi) is 4.55. The molecule has 1 saturated heterocycles. The van der Waals surface area contributed by atoms with E-state index in [-0.39, 0.29) is 5.91 Å². The van der Waals surface area contributed by atoms with Crippen LogP contribution in [-0.2, 0) is 13.5 Å². The van der Waals surface area contributed by atoms with Gasteiger partial charge in [0.2, 0.25) is 0 Å². The highest BCUT2D eigenvalue weighted by molar-refractivity contribution is 5.95. The first-order valence-corrected chi connectivity index (χ1v) is 6.90. The van der Waals surface area contributed by atoms with Crippen molar-refractivity contribution in [3.05, 3.63) is 17.5 Å². The Labute approximate surface area is 114 Å². The van der Waals surface area contributed by atoms with Crippen LogP contribution < -0.4 is 5.73 Å². The van der Waals surface area contributed by atoms with E-state index in [1.807, 2.05) is 25.1 Å². The fourth-order valence-electron chi connectivity index (χ4n) is 2.50. The number of carbonyl (C=O) groups is 1. The minimum atomic E-state index is 0.109. The summed E-state index contributed by atoms with van der Waals surface area (Å²) in [5.74, 6) is 0.109. The highest BCUT2D eigenvalue weighted by Gasteiger charge is 2.24. The van der Waals surface area contributed by atoms with Gasteiger partial charge in [-0.15, -0.1) is 0 Å². The molecule has 106 valence electrons. The van der Waals surface area contributed by atoms with Gasteiger partial charge in [0.15, 0.2) is 0 Å². The van der Waals surface area contributed by atoms with Crippen LogP contribution in [0.2, 0.25) is 0 Å². The van der Waals surface area contributed by atoms with E-state index in [1.54, 1.807) is 4.68 Å². The summed E-state index contributed by atoms with van der Waals surface area (Å²) in [4.78, 5) is 16.7. The zero-order valence-electron chi connectivity index (χ0n) is 11.8. The molecule has 0 aliphatic carbocycles. The van der Waals surface area contributed by atoms with E-state index in [9.17, 15) is 4.79 Å². The molecular weight excluding hydrogens is 242 g/mol. The van der Waals surface area contributed by atoms with E-state index in [0.717, 1.165) is 50.4 Å². The second kappa shape index (κ2) is 6.16. The molecule has 1 aromatic rings. The van der Waals surface area contributed by atoms with Crippen LogP contribution >= 0.6 is 0 Å². The first-order chi connectivity index (χ1) is 9.15.